The maximum Gasteiger partial charge on any atom is 0.0322 e. The van der Waals surface area contributed by atoms with Crippen molar-refractivity contribution in [3.05, 3.63) is 35.9 Å². The maximum atomic E-state index is 3.92. The molecule has 0 bridgehead atoms. The van der Waals surface area contributed by atoms with Crippen molar-refractivity contribution >= 4 is 0 Å². The van der Waals surface area contributed by atoms with Gasteiger partial charge in [-0.1, -0.05) is 63.4 Å². The molecule has 1 fully saturated rings. The van der Waals surface area contributed by atoms with Crippen molar-refractivity contribution in [2.75, 3.05) is 0 Å². The Bertz CT molecular complexity index is 333. The standard InChI is InChI=1S/C17H27N/c1-3-9-17(15-11-5-4-6-12-15)18-16-13-8-7-10-14(16)2/h4-6,11-12,14,16-18H,3,7-10,13H2,1-2H3. The van der Waals surface area contributed by atoms with Crippen molar-refractivity contribution < 1.29 is 0 Å². The molecule has 0 saturated heterocycles. The summed E-state index contributed by atoms with van der Waals surface area (Å²) < 4.78 is 0. The highest BCUT2D eigenvalue weighted by Crippen LogP contribution is 2.27. The second kappa shape index (κ2) is 6.94. The van der Waals surface area contributed by atoms with Crippen LogP contribution in [-0.2, 0) is 0 Å². The summed E-state index contributed by atoms with van der Waals surface area (Å²) in [6.45, 7) is 4.69. The van der Waals surface area contributed by atoms with E-state index in [1.165, 1.54) is 44.1 Å². The Morgan fingerprint density at radius 1 is 1.17 bits per heavy atom. The van der Waals surface area contributed by atoms with Gasteiger partial charge in [0.25, 0.3) is 0 Å². The molecule has 1 aliphatic rings. The van der Waals surface area contributed by atoms with E-state index in [-0.39, 0.29) is 0 Å². The second-order valence-corrected chi connectivity index (χ2v) is 5.79. The van der Waals surface area contributed by atoms with E-state index in [2.05, 4.69) is 49.5 Å². The molecule has 1 N–H and O–H groups in total. The molecule has 0 spiro atoms. The van der Waals surface area contributed by atoms with Gasteiger partial charge in [0.15, 0.2) is 0 Å². The Labute approximate surface area is 112 Å². The van der Waals surface area contributed by atoms with E-state index in [0.29, 0.717) is 6.04 Å². The third kappa shape index (κ3) is 3.58. The van der Waals surface area contributed by atoms with Gasteiger partial charge in [0.2, 0.25) is 0 Å². The summed E-state index contributed by atoms with van der Waals surface area (Å²) in [7, 11) is 0. The molecule has 1 aliphatic carbocycles. The number of rotatable bonds is 5. The third-order valence-corrected chi connectivity index (χ3v) is 4.31. The summed E-state index contributed by atoms with van der Waals surface area (Å²) in [6.07, 6.45) is 8.05. The summed E-state index contributed by atoms with van der Waals surface area (Å²) >= 11 is 0. The zero-order chi connectivity index (χ0) is 12.8. The fourth-order valence-electron chi connectivity index (χ4n) is 3.14. The van der Waals surface area contributed by atoms with Gasteiger partial charge in [-0.3, -0.25) is 0 Å². The smallest absolute Gasteiger partial charge is 0.0322 e. The lowest BCUT2D eigenvalue weighted by Crippen LogP contribution is -2.39. The van der Waals surface area contributed by atoms with E-state index in [1.807, 2.05) is 0 Å². The highest BCUT2D eigenvalue weighted by atomic mass is 15.0. The van der Waals surface area contributed by atoms with Gasteiger partial charge in [0, 0.05) is 12.1 Å². The molecule has 1 heteroatoms. The molecule has 3 atom stereocenters. The topological polar surface area (TPSA) is 12.0 Å². The third-order valence-electron chi connectivity index (χ3n) is 4.31. The molecule has 2 rings (SSSR count). The van der Waals surface area contributed by atoms with E-state index in [4.69, 9.17) is 0 Å². The first-order chi connectivity index (χ1) is 8.81. The van der Waals surface area contributed by atoms with Crippen molar-refractivity contribution in [1.82, 2.24) is 5.32 Å². The van der Waals surface area contributed by atoms with E-state index in [0.717, 1.165) is 12.0 Å². The van der Waals surface area contributed by atoms with Crippen LogP contribution in [0.1, 0.15) is 64.0 Å². The number of hydrogen-bond donors (Lipinski definition) is 1. The first-order valence-electron chi connectivity index (χ1n) is 7.62. The van der Waals surface area contributed by atoms with Gasteiger partial charge in [-0.05, 0) is 30.7 Å². The minimum Gasteiger partial charge on any atom is -0.307 e. The molecule has 0 radical (unpaired) electrons. The molecule has 3 unspecified atom stereocenters. The van der Waals surface area contributed by atoms with Gasteiger partial charge < -0.3 is 5.32 Å². The van der Waals surface area contributed by atoms with Crippen LogP contribution < -0.4 is 5.32 Å². The SMILES string of the molecule is CCCC(NC1CCCCC1C)c1ccccc1. The van der Waals surface area contributed by atoms with Crippen molar-refractivity contribution in [3.63, 3.8) is 0 Å². The van der Waals surface area contributed by atoms with Crippen molar-refractivity contribution in [1.29, 1.82) is 0 Å². The van der Waals surface area contributed by atoms with Gasteiger partial charge in [0.1, 0.15) is 0 Å². The lowest BCUT2D eigenvalue weighted by Gasteiger charge is -2.33. The molecule has 18 heavy (non-hydrogen) atoms. The zero-order valence-corrected chi connectivity index (χ0v) is 11.9. The quantitative estimate of drug-likeness (QED) is 0.793. The second-order valence-electron chi connectivity index (χ2n) is 5.79. The molecule has 1 aromatic carbocycles. The molecule has 0 aromatic heterocycles. The van der Waals surface area contributed by atoms with Gasteiger partial charge >= 0.3 is 0 Å². The van der Waals surface area contributed by atoms with Gasteiger partial charge in [-0.25, -0.2) is 0 Å². The van der Waals surface area contributed by atoms with Crippen LogP contribution in [0.25, 0.3) is 0 Å². The molecule has 1 saturated carbocycles. The summed E-state index contributed by atoms with van der Waals surface area (Å²) in [5, 5.41) is 3.92. The first-order valence-corrected chi connectivity index (χ1v) is 7.62. The predicted molar refractivity (Wildman–Crippen MR) is 78.6 cm³/mol. The van der Waals surface area contributed by atoms with Crippen LogP contribution in [0.2, 0.25) is 0 Å². The molecule has 1 nitrogen and oxygen atoms in total. The molecular weight excluding hydrogens is 218 g/mol. The van der Waals surface area contributed by atoms with E-state index in [1.54, 1.807) is 0 Å². The van der Waals surface area contributed by atoms with Crippen LogP contribution in [-0.4, -0.2) is 6.04 Å². The van der Waals surface area contributed by atoms with E-state index in [9.17, 15) is 0 Å². The van der Waals surface area contributed by atoms with Crippen molar-refractivity contribution in [3.8, 4) is 0 Å². The van der Waals surface area contributed by atoms with E-state index >= 15 is 0 Å². The van der Waals surface area contributed by atoms with Crippen LogP contribution in [0, 0.1) is 5.92 Å². The van der Waals surface area contributed by atoms with Crippen LogP contribution in [0.4, 0.5) is 0 Å². The van der Waals surface area contributed by atoms with Gasteiger partial charge in [-0.2, -0.15) is 0 Å². The lowest BCUT2D eigenvalue weighted by atomic mass is 9.85. The highest BCUT2D eigenvalue weighted by molar-refractivity contribution is 5.19. The number of benzene rings is 1. The van der Waals surface area contributed by atoms with E-state index < -0.39 is 0 Å². The summed E-state index contributed by atoms with van der Waals surface area (Å²) in [4.78, 5) is 0. The normalized spacial score (nSPS) is 25.9. The molecule has 100 valence electrons. The summed E-state index contributed by atoms with van der Waals surface area (Å²) in [5.41, 5.74) is 1.46. The number of nitrogens with one attached hydrogen (secondary N) is 1. The Morgan fingerprint density at radius 2 is 1.89 bits per heavy atom. The molecular formula is C17H27N. The monoisotopic (exact) mass is 245 g/mol. The van der Waals surface area contributed by atoms with Crippen molar-refractivity contribution in [2.24, 2.45) is 5.92 Å². The minimum absolute atomic E-state index is 0.543. The molecule has 0 aliphatic heterocycles. The first kappa shape index (κ1) is 13.6. The Morgan fingerprint density at radius 3 is 2.56 bits per heavy atom. The fraction of sp³-hybridized carbons (Fsp3) is 0.647. The minimum atomic E-state index is 0.543. The largest absolute Gasteiger partial charge is 0.307 e. The van der Waals surface area contributed by atoms with Crippen LogP contribution >= 0.6 is 0 Å². The fourth-order valence-corrected chi connectivity index (χ4v) is 3.14. The maximum absolute atomic E-state index is 3.92. The molecule has 1 aromatic rings. The summed E-state index contributed by atoms with van der Waals surface area (Å²) in [5.74, 6) is 0.835. The van der Waals surface area contributed by atoms with Gasteiger partial charge in [0.05, 0.1) is 0 Å². The van der Waals surface area contributed by atoms with Crippen molar-refractivity contribution in [2.45, 2.75) is 64.5 Å². The molecule has 0 heterocycles. The highest BCUT2D eigenvalue weighted by Gasteiger charge is 2.23. The average molecular weight is 245 g/mol. The van der Waals surface area contributed by atoms with Crippen LogP contribution in [0.3, 0.4) is 0 Å². The number of hydrogen-bond acceptors (Lipinski definition) is 1. The molecule has 0 amide bonds. The Hall–Kier alpha value is -0.820. The summed E-state index contributed by atoms with van der Waals surface area (Å²) in [6, 6.07) is 12.2. The van der Waals surface area contributed by atoms with Gasteiger partial charge in [-0.15, -0.1) is 0 Å². The lowest BCUT2D eigenvalue weighted by molar-refractivity contribution is 0.253. The van der Waals surface area contributed by atoms with Crippen LogP contribution in [0.5, 0.6) is 0 Å². The Balaban J connectivity index is 2.01. The predicted octanol–water partition coefficient (Wildman–Crippen LogP) is 4.70. The van der Waals surface area contributed by atoms with Crippen LogP contribution in [0.15, 0.2) is 30.3 Å². The Kier molecular flexibility index (Phi) is 5.25. The average Bonchev–Trinajstić information content (AvgIpc) is 2.42. The zero-order valence-electron chi connectivity index (χ0n) is 11.9.